The number of non-ortho nitro benzene ring substituents is 1. The van der Waals surface area contributed by atoms with Crippen molar-refractivity contribution in [2.24, 2.45) is 0 Å². The minimum atomic E-state index is -0.423. The van der Waals surface area contributed by atoms with Crippen LogP contribution in [0.3, 0.4) is 0 Å². The van der Waals surface area contributed by atoms with E-state index in [1.54, 1.807) is 12.1 Å². The van der Waals surface area contributed by atoms with E-state index in [0.29, 0.717) is 18.5 Å². The summed E-state index contributed by atoms with van der Waals surface area (Å²) in [6, 6.07) is 6.70. The van der Waals surface area contributed by atoms with Gasteiger partial charge in [-0.25, -0.2) is 0 Å². The molecule has 0 aliphatic rings. The number of nitro groups is 1. The molecule has 0 amide bonds. The number of nitrogens with zero attached hydrogens (tertiary/aromatic N) is 3. The Hall–Kier alpha value is -2.44. The van der Waals surface area contributed by atoms with Crippen LogP contribution < -0.4 is 5.32 Å². The van der Waals surface area contributed by atoms with Gasteiger partial charge in [-0.3, -0.25) is 10.1 Å². The number of anilines is 1. The van der Waals surface area contributed by atoms with Gasteiger partial charge < -0.3 is 9.73 Å². The zero-order chi connectivity index (χ0) is 14.8. The molecule has 0 saturated heterocycles. The molecule has 1 N–H and O–H groups in total. The lowest BCUT2D eigenvalue weighted by atomic mass is 9.97. The van der Waals surface area contributed by atoms with E-state index in [9.17, 15) is 10.1 Å². The normalized spacial score (nSPS) is 11.3. The van der Waals surface area contributed by atoms with Gasteiger partial charge in [0.1, 0.15) is 0 Å². The van der Waals surface area contributed by atoms with Gasteiger partial charge in [0, 0.05) is 24.1 Å². The summed E-state index contributed by atoms with van der Waals surface area (Å²) in [6.45, 7) is 6.31. The molecule has 20 heavy (non-hydrogen) atoms. The van der Waals surface area contributed by atoms with Crippen molar-refractivity contribution in [3.8, 4) is 0 Å². The van der Waals surface area contributed by atoms with Crippen LogP contribution in [0.15, 0.2) is 28.7 Å². The van der Waals surface area contributed by atoms with Crippen LogP contribution in [-0.4, -0.2) is 15.1 Å². The fourth-order valence-electron chi connectivity index (χ4n) is 1.56. The van der Waals surface area contributed by atoms with E-state index in [-0.39, 0.29) is 11.1 Å². The predicted molar refractivity (Wildman–Crippen MR) is 73.4 cm³/mol. The molecule has 1 aromatic carbocycles. The molecule has 106 valence electrons. The SMILES string of the molecule is CC(C)(C)c1nnc(NCc2cccc([N+](=O)[O-])c2)o1. The van der Waals surface area contributed by atoms with Crippen LogP contribution in [0.25, 0.3) is 0 Å². The molecule has 7 heteroatoms. The maximum absolute atomic E-state index is 10.7. The molecule has 0 radical (unpaired) electrons. The van der Waals surface area contributed by atoms with E-state index < -0.39 is 4.92 Å². The van der Waals surface area contributed by atoms with E-state index >= 15 is 0 Å². The van der Waals surface area contributed by atoms with Crippen LogP contribution in [0.1, 0.15) is 32.2 Å². The van der Waals surface area contributed by atoms with Crippen LogP contribution in [0.5, 0.6) is 0 Å². The Morgan fingerprint density at radius 3 is 2.70 bits per heavy atom. The lowest BCUT2D eigenvalue weighted by Crippen LogP contribution is -2.11. The second kappa shape index (κ2) is 5.28. The number of rotatable bonds is 4. The van der Waals surface area contributed by atoms with Gasteiger partial charge in [-0.1, -0.05) is 38.0 Å². The van der Waals surface area contributed by atoms with E-state index in [2.05, 4.69) is 15.5 Å². The molecular formula is C13H16N4O3. The first-order chi connectivity index (χ1) is 9.36. The van der Waals surface area contributed by atoms with E-state index in [4.69, 9.17) is 4.42 Å². The molecule has 0 fully saturated rings. The maximum atomic E-state index is 10.7. The first-order valence-electron chi connectivity index (χ1n) is 6.17. The number of nitrogens with one attached hydrogen (secondary N) is 1. The molecule has 1 heterocycles. The van der Waals surface area contributed by atoms with Crippen LogP contribution >= 0.6 is 0 Å². The highest BCUT2D eigenvalue weighted by Gasteiger charge is 2.21. The Bertz CT molecular complexity index is 616. The summed E-state index contributed by atoms with van der Waals surface area (Å²) in [6.07, 6.45) is 0. The summed E-state index contributed by atoms with van der Waals surface area (Å²) < 4.78 is 5.48. The average Bonchev–Trinajstić information content (AvgIpc) is 2.85. The minimum Gasteiger partial charge on any atom is -0.408 e. The molecule has 2 rings (SSSR count). The van der Waals surface area contributed by atoms with Crippen LogP contribution in [0.2, 0.25) is 0 Å². The second-order valence-corrected chi connectivity index (χ2v) is 5.44. The molecule has 0 spiro atoms. The van der Waals surface area contributed by atoms with Gasteiger partial charge in [0.15, 0.2) is 0 Å². The molecule has 0 atom stereocenters. The highest BCUT2D eigenvalue weighted by molar-refractivity contribution is 5.35. The molecule has 0 unspecified atom stereocenters. The summed E-state index contributed by atoms with van der Waals surface area (Å²) in [4.78, 5) is 10.3. The molecule has 2 aromatic rings. The largest absolute Gasteiger partial charge is 0.408 e. The summed E-state index contributed by atoms with van der Waals surface area (Å²) in [5, 5.41) is 21.5. The third-order valence-corrected chi connectivity index (χ3v) is 2.63. The molecule has 7 nitrogen and oxygen atoms in total. The monoisotopic (exact) mass is 276 g/mol. The van der Waals surface area contributed by atoms with Crippen LogP contribution in [0.4, 0.5) is 11.7 Å². The summed E-state index contributed by atoms with van der Waals surface area (Å²) in [5.74, 6) is 0.541. The molecule has 0 saturated carbocycles. The van der Waals surface area contributed by atoms with Gasteiger partial charge in [-0.2, -0.15) is 0 Å². The molecule has 0 aliphatic carbocycles. The summed E-state index contributed by atoms with van der Waals surface area (Å²) >= 11 is 0. The van der Waals surface area contributed by atoms with Gasteiger partial charge >= 0.3 is 6.01 Å². The van der Waals surface area contributed by atoms with Crippen molar-refractivity contribution in [2.45, 2.75) is 32.7 Å². The van der Waals surface area contributed by atoms with Gasteiger partial charge in [0.2, 0.25) is 5.89 Å². The topological polar surface area (TPSA) is 94.1 Å². The second-order valence-electron chi connectivity index (χ2n) is 5.44. The highest BCUT2D eigenvalue weighted by Crippen LogP contribution is 2.22. The van der Waals surface area contributed by atoms with E-state index in [1.807, 2.05) is 20.8 Å². The van der Waals surface area contributed by atoms with Crippen LogP contribution in [0, 0.1) is 10.1 Å². The summed E-state index contributed by atoms with van der Waals surface area (Å²) in [5.41, 5.74) is 0.623. The summed E-state index contributed by atoms with van der Waals surface area (Å²) in [7, 11) is 0. The van der Waals surface area contributed by atoms with Crippen molar-refractivity contribution in [2.75, 3.05) is 5.32 Å². The Kier molecular flexibility index (Phi) is 3.69. The van der Waals surface area contributed by atoms with Gasteiger partial charge in [-0.05, 0) is 5.56 Å². The van der Waals surface area contributed by atoms with Crippen molar-refractivity contribution in [1.82, 2.24) is 10.2 Å². The third kappa shape index (κ3) is 3.31. The van der Waals surface area contributed by atoms with Crippen LogP contribution in [-0.2, 0) is 12.0 Å². The number of hydrogen-bond donors (Lipinski definition) is 1. The van der Waals surface area contributed by atoms with E-state index in [0.717, 1.165) is 5.56 Å². The fourth-order valence-corrected chi connectivity index (χ4v) is 1.56. The predicted octanol–water partition coefficient (Wildman–Crippen LogP) is 2.89. The number of hydrogen-bond acceptors (Lipinski definition) is 6. The van der Waals surface area contributed by atoms with Crippen molar-refractivity contribution in [1.29, 1.82) is 0 Å². The number of nitro benzene ring substituents is 1. The standard InChI is InChI=1S/C13H16N4O3/c1-13(2,3)11-15-16-12(20-11)14-8-9-5-4-6-10(7-9)17(18)19/h4-7H,8H2,1-3H3,(H,14,16). The smallest absolute Gasteiger partial charge is 0.315 e. The quantitative estimate of drug-likeness (QED) is 0.681. The minimum absolute atomic E-state index is 0.0604. The molecule has 0 bridgehead atoms. The van der Waals surface area contributed by atoms with E-state index in [1.165, 1.54) is 12.1 Å². The Labute approximate surface area is 116 Å². The first-order valence-corrected chi connectivity index (χ1v) is 6.17. The molecule has 0 aliphatic heterocycles. The van der Waals surface area contributed by atoms with Gasteiger partial charge in [0.05, 0.1) is 4.92 Å². The Morgan fingerprint density at radius 1 is 1.35 bits per heavy atom. The Balaban J connectivity index is 2.04. The van der Waals surface area contributed by atoms with Crippen molar-refractivity contribution in [3.05, 3.63) is 45.8 Å². The zero-order valence-electron chi connectivity index (χ0n) is 11.6. The highest BCUT2D eigenvalue weighted by atomic mass is 16.6. The molecular weight excluding hydrogens is 260 g/mol. The maximum Gasteiger partial charge on any atom is 0.315 e. The van der Waals surface area contributed by atoms with Gasteiger partial charge in [0.25, 0.3) is 5.69 Å². The number of aromatic nitrogens is 2. The Morgan fingerprint density at radius 2 is 2.10 bits per heavy atom. The number of benzene rings is 1. The zero-order valence-corrected chi connectivity index (χ0v) is 11.6. The molecule has 1 aromatic heterocycles. The first kappa shape index (κ1) is 14.0. The lowest BCUT2D eigenvalue weighted by molar-refractivity contribution is -0.384. The fraction of sp³-hybridized carbons (Fsp3) is 0.385. The average molecular weight is 276 g/mol. The lowest BCUT2D eigenvalue weighted by Gasteiger charge is -2.11. The van der Waals surface area contributed by atoms with Crippen molar-refractivity contribution >= 4 is 11.7 Å². The van der Waals surface area contributed by atoms with Crippen molar-refractivity contribution < 1.29 is 9.34 Å². The third-order valence-electron chi connectivity index (χ3n) is 2.63. The van der Waals surface area contributed by atoms with Gasteiger partial charge in [-0.15, -0.1) is 5.10 Å². The van der Waals surface area contributed by atoms with Crippen molar-refractivity contribution in [3.63, 3.8) is 0 Å².